The van der Waals surface area contributed by atoms with Crippen LogP contribution in [0.5, 0.6) is 0 Å². The average molecular weight is 647 g/mol. The summed E-state index contributed by atoms with van der Waals surface area (Å²) in [4.78, 5) is 0. The van der Waals surface area contributed by atoms with E-state index in [1.165, 1.54) is 70.7 Å². The van der Waals surface area contributed by atoms with Crippen molar-refractivity contribution in [2.75, 3.05) is 0 Å². The summed E-state index contributed by atoms with van der Waals surface area (Å²) in [6, 6.07) is 62.5. The van der Waals surface area contributed by atoms with Gasteiger partial charge in [0.05, 0.1) is 6.15 Å². The summed E-state index contributed by atoms with van der Waals surface area (Å²) in [5.41, 5.74) is 5.82. The van der Waals surface area contributed by atoms with E-state index < -0.39 is 13.4 Å². The Labute approximate surface area is 291 Å². The first-order valence-electron chi connectivity index (χ1n) is 18.0. The van der Waals surface area contributed by atoms with Gasteiger partial charge in [0.15, 0.2) is 0 Å². The fourth-order valence-electron chi connectivity index (χ4n) is 7.48. The Morgan fingerprint density at radius 3 is 0.896 bits per heavy atom. The molecule has 0 unspecified atom stereocenters. The smallest absolute Gasteiger partial charge is 0.144 e. The molecule has 0 amide bonds. The van der Waals surface area contributed by atoms with Gasteiger partial charge in [0, 0.05) is 0 Å². The number of aryl methyl sites for hydroxylation is 2. The van der Waals surface area contributed by atoms with Gasteiger partial charge in [-0.25, -0.2) is 10.9 Å². The van der Waals surface area contributed by atoms with E-state index in [2.05, 4.69) is 198 Å². The van der Waals surface area contributed by atoms with Crippen molar-refractivity contribution < 1.29 is 0 Å². The summed E-state index contributed by atoms with van der Waals surface area (Å²) in [7, 11) is -1.91. The predicted octanol–water partition coefficient (Wildman–Crippen LogP) is 9.77. The molecule has 0 N–H and O–H groups in total. The molecule has 0 spiro atoms. The van der Waals surface area contributed by atoms with Gasteiger partial charge in [-0.15, -0.1) is 0 Å². The lowest BCUT2D eigenvalue weighted by molar-refractivity contribution is 0.838. The highest BCUT2D eigenvalue weighted by Crippen LogP contribution is 2.54. The quantitative estimate of drug-likeness (QED) is 0.0918. The molecule has 0 heterocycles. The van der Waals surface area contributed by atoms with Gasteiger partial charge in [-0.1, -0.05) is 172 Å². The summed E-state index contributed by atoms with van der Waals surface area (Å²) in [5.74, 6) is 0. The van der Waals surface area contributed by atoms with Crippen LogP contribution in [-0.4, -0.2) is 6.15 Å². The van der Waals surface area contributed by atoms with Crippen molar-refractivity contribution in [2.45, 2.75) is 66.0 Å². The van der Waals surface area contributed by atoms with Gasteiger partial charge >= 0.3 is 0 Å². The second-order valence-corrected chi connectivity index (χ2v) is 16.8. The van der Waals surface area contributed by atoms with Crippen molar-refractivity contribution in [1.82, 2.24) is 0 Å². The van der Waals surface area contributed by atoms with E-state index in [9.17, 15) is 0 Å². The van der Waals surface area contributed by atoms with Gasteiger partial charge in [-0.3, -0.25) is 0 Å². The molecule has 0 radical (unpaired) electrons. The molecule has 0 saturated heterocycles. The van der Waals surface area contributed by atoms with Crippen LogP contribution in [0.2, 0.25) is 12.6 Å². The van der Waals surface area contributed by atoms with Gasteiger partial charge in [0.1, 0.15) is 28.5 Å². The van der Waals surface area contributed by atoms with E-state index in [0.717, 1.165) is 0 Å². The van der Waals surface area contributed by atoms with Crippen LogP contribution in [0.25, 0.3) is 0 Å². The van der Waals surface area contributed by atoms with Gasteiger partial charge in [0.25, 0.3) is 0 Å². The Morgan fingerprint density at radius 1 is 0.375 bits per heavy atom. The Bertz CT molecular complexity index is 1550. The molecule has 6 aromatic carbocycles. The Balaban J connectivity index is 0.000000189. The van der Waals surface area contributed by atoms with Crippen molar-refractivity contribution in [3.05, 3.63) is 181 Å². The minimum Gasteiger partial charge on any atom is -0.205 e. The third-order valence-corrected chi connectivity index (χ3v) is 14.4. The molecule has 0 aliphatic rings. The lowest BCUT2D eigenvalue weighted by Gasteiger charge is -2.42. The molecule has 0 saturated carbocycles. The molecular formula is C46H52BP. The molecule has 0 atom stereocenters. The zero-order chi connectivity index (χ0) is 33.7. The summed E-state index contributed by atoms with van der Waals surface area (Å²) < 4.78 is 0. The Hall–Kier alpha value is -4.19. The Kier molecular flexibility index (Phi) is 12.6. The second kappa shape index (κ2) is 17.3. The minimum atomic E-state index is -1.91. The SMILES string of the molecule is CCCC[B-](CCCC)(c1ccc(C)cc1)c1ccc(C)cc1.c1ccc([P+](c2ccccc2)(c2ccccc2)c2ccccc2)cc1. The number of hydrogen-bond donors (Lipinski definition) is 0. The zero-order valence-electron chi connectivity index (χ0n) is 29.4. The largest absolute Gasteiger partial charge is 0.205 e. The first kappa shape index (κ1) is 35.1. The van der Waals surface area contributed by atoms with E-state index in [0.29, 0.717) is 0 Å². The summed E-state index contributed by atoms with van der Waals surface area (Å²) in [6.45, 7) is 8.99. The van der Waals surface area contributed by atoms with Crippen LogP contribution in [0.1, 0.15) is 50.7 Å². The molecule has 0 bridgehead atoms. The van der Waals surface area contributed by atoms with E-state index in [-0.39, 0.29) is 0 Å². The van der Waals surface area contributed by atoms with Crippen molar-refractivity contribution in [2.24, 2.45) is 0 Å². The topological polar surface area (TPSA) is 0 Å². The molecule has 0 nitrogen and oxygen atoms in total. The molecular weight excluding hydrogens is 594 g/mol. The van der Waals surface area contributed by atoms with E-state index >= 15 is 0 Å². The molecule has 0 aliphatic heterocycles. The summed E-state index contributed by atoms with van der Waals surface area (Å²) in [6.07, 6.45) is 7.14. The number of rotatable bonds is 12. The summed E-state index contributed by atoms with van der Waals surface area (Å²) in [5, 5.41) is 5.55. The van der Waals surface area contributed by atoms with E-state index in [1.807, 2.05) is 0 Å². The number of benzene rings is 6. The lowest BCUT2D eigenvalue weighted by atomic mass is 9.15. The maximum atomic E-state index is 2.39. The third kappa shape index (κ3) is 7.91. The zero-order valence-corrected chi connectivity index (χ0v) is 30.3. The lowest BCUT2D eigenvalue weighted by Crippen LogP contribution is -2.58. The minimum absolute atomic E-state index is 0.640. The fraction of sp³-hybridized carbons (Fsp3) is 0.217. The molecule has 0 aromatic heterocycles. The molecule has 6 aromatic rings. The van der Waals surface area contributed by atoms with Crippen LogP contribution >= 0.6 is 7.26 Å². The molecule has 0 aliphatic carbocycles. The highest BCUT2D eigenvalue weighted by molar-refractivity contribution is 8.01. The summed E-state index contributed by atoms with van der Waals surface area (Å²) >= 11 is 0. The predicted molar refractivity (Wildman–Crippen MR) is 218 cm³/mol. The number of unbranched alkanes of at least 4 members (excludes halogenated alkanes) is 2. The van der Waals surface area contributed by atoms with Gasteiger partial charge in [-0.2, -0.15) is 12.6 Å². The van der Waals surface area contributed by atoms with Crippen LogP contribution in [0.3, 0.4) is 0 Å². The molecule has 2 heteroatoms. The third-order valence-electron chi connectivity index (χ3n) is 10.1. The molecule has 244 valence electrons. The Morgan fingerprint density at radius 2 is 0.646 bits per heavy atom. The van der Waals surface area contributed by atoms with Crippen molar-refractivity contribution in [3.63, 3.8) is 0 Å². The fourth-order valence-corrected chi connectivity index (χ4v) is 11.7. The highest BCUT2D eigenvalue weighted by atomic mass is 31.2. The van der Waals surface area contributed by atoms with Crippen LogP contribution in [0.4, 0.5) is 0 Å². The van der Waals surface area contributed by atoms with Crippen LogP contribution < -0.4 is 32.1 Å². The van der Waals surface area contributed by atoms with Gasteiger partial charge < -0.3 is 0 Å². The first-order valence-corrected chi connectivity index (χ1v) is 19.8. The van der Waals surface area contributed by atoms with Crippen LogP contribution in [-0.2, 0) is 0 Å². The maximum Gasteiger partial charge on any atom is 0.144 e. The number of hydrogen-bond acceptors (Lipinski definition) is 0. The first-order chi connectivity index (χ1) is 23.5. The molecule has 48 heavy (non-hydrogen) atoms. The molecule has 0 fully saturated rings. The van der Waals surface area contributed by atoms with Crippen LogP contribution in [0.15, 0.2) is 170 Å². The van der Waals surface area contributed by atoms with Crippen molar-refractivity contribution in [3.8, 4) is 0 Å². The van der Waals surface area contributed by atoms with Crippen molar-refractivity contribution in [1.29, 1.82) is 0 Å². The second-order valence-electron chi connectivity index (χ2n) is 13.4. The normalized spacial score (nSPS) is 11.4. The van der Waals surface area contributed by atoms with Gasteiger partial charge in [-0.05, 0) is 62.4 Å². The maximum absolute atomic E-state index is 2.39. The standard InChI is InChI=1S/C24H20P.C22H32B/c1-5-13-21(14-6-1)25(22-15-7-2-8-16-22,23-17-9-3-10-18-23)24-19-11-4-12-20-24;1-5-7-17-23(18-8-6-2,21-13-9-19(3)10-14-21)22-15-11-20(4)12-16-22/h1-20H;9-16H,5-8,17-18H2,1-4H3/q+1;-1. The van der Waals surface area contributed by atoms with Crippen molar-refractivity contribution >= 4 is 45.6 Å². The monoisotopic (exact) mass is 646 g/mol. The highest BCUT2D eigenvalue weighted by Gasteiger charge is 2.47. The average Bonchev–Trinajstić information content (AvgIpc) is 3.15. The van der Waals surface area contributed by atoms with E-state index in [4.69, 9.17) is 0 Å². The van der Waals surface area contributed by atoms with E-state index in [1.54, 1.807) is 10.9 Å². The van der Waals surface area contributed by atoms with Gasteiger partial charge in [0.2, 0.25) is 0 Å². The molecule has 6 rings (SSSR count). The van der Waals surface area contributed by atoms with Crippen LogP contribution in [0, 0.1) is 13.8 Å².